The molecule has 11 heteroatoms. The van der Waals surface area contributed by atoms with Gasteiger partial charge in [-0.25, -0.2) is 4.98 Å². The number of aliphatic hydroxyl groups is 1. The number of nitrogens with two attached hydrogens (primary N) is 1. The summed E-state index contributed by atoms with van der Waals surface area (Å²) in [5.41, 5.74) is 9.40. The third-order valence-corrected chi connectivity index (χ3v) is 5.77. The van der Waals surface area contributed by atoms with Crippen LogP contribution in [0.2, 0.25) is 0 Å². The quantitative estimate of drug-likeness (QED) is 0.393. The summed E-state index contributed by atoms with van der Waals surface area (Å²) in [4.78, 5) is 20.4. The van der Waals surface area contributed by atoms with E-state index in [1.54, 1.807) is 21.8 Å². The maximum absolute atomic E-state index is 11.4. The number of rotatable bonds is 7. The number of nitrogens with one attached hydrogen (secondary N) is 1. The Kier molecular flexibility index (Phi) is 5.23. The van der Waals surface area contributed by atoms with E-state index < -0.39 is 0 Å². The lowest BCUT2D eigenvalue weighted by molar-refractivity contribution is -0.121. The number of anilines is 1. The molecule has 11 nitrogen and oxygen atoms in total. The van der Waals surface area contributed by atoms with Gasteiger partial charge in [0, 0.05) is 23.7 Å². The number of hydrogen-bond acceptors (Lipinski definition) is 8. The van der Waals surface area contributed by atoms with Gasteiger partial charge in [-0.15, -0.1) is 5.10 Å². The highest BCUT2D eigenvalue weighted by atomic mass is 16.3. The number of nitrogens with zero attached hydrogens (tertiary/aromatic N) is 7. The van der Waals surface area contributed by atoms with Crippen LogP contribution in [0.25, 0.3) is 28.0 Å². The standard InChI is InChI=1S/C21H23N9O2/c22-19(32)14-1-4-16(9-14)25-21-23-11-18-20(26-21)30(28-27-18)17-5-2-13(3-6-17)15-10-24-29(12-15)7-8-31/h2-3,5-6,10-12,14,16,31H,1,4,7-9H2,(H2,22,32)(H,23,25,26). The van der Waals surface area contributed by atoms with Crippen molar-refractivity contribution in [2.45, 2.75) is 31.8 Å². The van der Waals surface area contributed by atoms with E-state index in [9.17, 15) is 4.79 Å². The Balaban J connectivity index is 1.37. The van der Waals surface area contributed by atoms with Gasteiger partial charge in [-0.05, 0) is 37.0 Å². The van der Waals surface area contributed by atoms with Crippen molar-refractivity contribution >= 4 is 23.0 Å². The lowest BCUT2D eigenvalue weighted by Gasteiger charge is -2.12. The molecule has 1 aliphatic rings. The van der Waals surface area contributed by atoms with Crippen molar-refractivity contribution in [3.8, 4) is 16.8 Å². The number of fused-ring (bicyclic) bond motifs is 1. The van der Waals surface area contributed by atoms with Gasteiger partial charge in [0.25, 0.3) is 0 Å². The minimum Gasteiger partial charge on any atom is -0.394 e. The van der Waals surface area contributed by atoms with E-state index in [0.717, 1.165) is 29.7 Å². The molecule has 1 aliphatic carbocycles. The number of amides is 1. The van der Waals surface area contributed by atoms with Crippen LogP contribution in [-0.4, -0.2) is 58.4 Å². The number of aromatic nitrogens is 7. The molecule has 32 heavy (non-hydrogen) atoms. The first-order valence-corrected chi connectivity index (χ1v) is 10.5. The molecule has 3 heterocycles. The highest BCUT2D eigenvalue weighted by molar-refractivity contribution is 5.77. The molecular weight excluding hydrogens is 410 g/mol. The van der Waals surface area contributed by atoms with E-state index in [4.69, 9.17) is 10.8 Å². The first kappa shape index (κ1) is 20.1. The van der Waals surface area contributed by atoms with Crippen LogP contribution in [0.3, 0.4) is 0 Å². The van der Waals surface area contributed by atoms with E-state index in [2.05, 4.69) is 30.7 Å². The Morgan fingerprint density at radius 3 is 2.78 bits per heavy atom. The summed E-state index contributed by atoms with van der Waals surface area (Å²) < 4.78 is 3.37. The zero-order valence-corrected chi connectivity index (χ0v) is 17.3. The molecule has 2 atom stereocenters. The van der Waals surface area contributed by atoms with Crippen LogP contribution in [0, 0.1) is 5.92 Å². The van der Waals surface area contributed by atoms with Crippen molar-refractivity contribution in [3.63, 3.8) is 0 Å². The minimum atomic E-state index is -0.253. The second kappa shape index (κ2) is 8.35. The summed E-state index contributed by atoms with van der Waals surface area (Å²) in [7, 11) is 0. The number of primary amides is 1. The smallest absolute Gasteiger partial charge is 0.225 e. The van der Waals surface area contributed by atoms with Gasteiger partial charge in [0.1, 0.15) is 0 Å². The molecule has 0 bridgehead atoms. The van der Waals surface area contributed by atoms with E-state index in [0.29, 0.717) is 30.1 Å². The zero-order chi connectivity index (χ0) is 22.1. The number of aliphatic hydroxyl groups excluding tert-OH is 1. The van der Waals surface area contributed by atoms with Crippen molar-refractivity contribution in [2.24, 2.45) is 11.7 Å². The van der Waals surface area contributed by atoms with Gasteiger partial charge in [0.2, 0.25) is 11.9 Å². The lowest BCUT2D eigenvalue weighted by Crippen LogP contribution is -2.23. The normalized spacial score (nSPS) is 18.3. The second-order valence-electron chi connectivity index (χ2n) is 7.92. The first-order valence-electron chi connectivity index (χ1n) is 10.5. The topological polar surface area (TPSA) is 150 Å². The molecule has 1 amide bonds. The maximum Gasteiger partial charge on any atom is 0.225 e. The fourth-order valence-corrected chi connectivity index (χ4v) is 4.06. The highest BCUT2D eigenvalue weighted by Gasteiger charge is 2.28. The van der Waals surface area contributed by atoms with Gasteiger partial charge in [-0.2, -0.15) is 14.8 Å². The molecule has 164 valence electrons. The second-order valence-corrected chi connectivity index (χ2v) is 7.92. The Morgan fingerprint density at radius 1 is 1.19 bits per heavy atom. The van der Waals surface area contributed by atoms with Crippen LogP contribution < -0.4 is 11.1 Å². The summed E-state index contributed by atoms with van der Waals surface area (Å²) in [5.74, 6) is 0.124. The average molecular weight is 433 g/mol. The summed E-state index contributed by atoms with van der Waals surface area (Å²) in [6, 6.07) is 7.95. The van der Waals surface area contributed by atoms with Gasteiger partial charge < -0.3 is 16.2 Å². The maximum atomic E-state index is 11.4. The molecular formula is C21H23N9O2. The number of carbonyl (C=O) groups is 1. The SMILES string of the molecule is NC(=O)C1CCC(Nc2ncc3nnn(-c4ccc(-c5cnn(CCO)c5)cc4)c3n2)C1. The molecule has 1 saturated carbocycles. The number of hydrogen-bond donors (Lipinski definition) is 3. The Bertz CT molecular complexity index is 1250. The average Bonchev–Trinajstić information content (AvgIpc) is 3.54. The van der Waals surface area contributed by atoms with Gasteiger partial charge in [0.05, 0.1) is 31.2 Å². The molecule has 0 radical (unpaired) electrons. The molecule has 2 unspecified atom stereocenters. The van der Waals surface area contributed by atoms with Crippen LogP contribution in [0.1, 0.15) is 19.3 Å². The van der Waals surface area contributed by atoms with Gasteiger partial charge in [-0.1, -0.05) is 17.3 Å². The van der Waals surface area contributed by atoms with Crippen LogP contribution in [0.4, 0.5) is 5.95 Å². The predicted octanol–water partition coefficient (Wildman–Crippen LogP) is 1.13. The predicted molar refractivity (Wildman–Crippen MR) is 117 cm³/mol. The summed E-state index contributed by atoms with van der Waals surface area (Å²) >= 11 is 0. The Morgan fingerprint density at radius 2 is 2.03 bits per heavy atom. The van der Waals surface area contributed by atoms with E-state index in [1.165, 1.54) is 0 Å². The van der Waals surface area contributed by atoms with Crippen molar-refractivity contribution in [1.29, 1.82) is 0 Å². The summed E-state index contributed by atoms with van der Waals surface area (Å²) in [6.07, 6.45) is 7.62. The van der Waals surface area contributed by atoms with E-state index in [1.807, 2.05) is 30.5 Å². The minimum absolute atomic E-state index is 0.0462. The number of benzene rings is 1. The molecule has 4 aromatic rings. The Hall–Kier alpha value is -3.86. The van der Waals surface area contributed by atoms with Crippen molar-refractivity contribution < 1.29 is 9.90 Å². The number of carbonyl (C=O) groups excluding carboxylic acids is 1. The fraction of sp³-hybridized carbons (Fsp3) is 0.333. The lowest BCUT2D eigenvalue weighted by atomic mass is 10.1. The monoisotopic (exact) mass is 433 g/mol. The zero-order valence-electron chi connectivity index (χ0n) is 17.3. The molecule has 5 rings (SSSR count). The van der Waals surface area contributed by atoms with Crippen molar-refractivity contribution in [1.82, 2.24) is 34.7 Å². The van der Waals surface area contributed by atoms with Gasteiger partial charge in [0.15, 0.2) is 11.2 Å². The molecule has 1 aromatic carbocycles. The van der Waals surface area contributed by atoms with Crippen molar-refractivity contribution in [2.75, 3.05) is 11.9 Å². The third-order valence-electron chi connectivity index (χ3n) is 5.77. The van der Waals surface area contributed by atoms with E-state index in [-0.39, 0.29) is 24.5 Å². The molecule has 4 N–H and O–H groups in total. The largest absolute Gasteiger partial charge is 0.394 e. The third kappa shape index (κ3) is 3.89. The Labute approximate surface area is 183 Å². The molecule has 0 spiro atoms. The van der Waals surface area contributed by atoms with Crippen LogP contribution in [0.5, 0.6) is 0 Å². The summed E-state index contributed by atoms with van der Waals surface area (Å²) in [6.45, 7) is 0.508. The molecule has 0 aliphatic heterocycles. The fourth-order valence-electron chi connectivity index (χ4n) is 4.06. The van der Waals surface area contributed by atoms with Gasteiger partial charge >= 0.3 is 0 Å². The van der Waals surface area contributed by atoms with Crippen LogP contribution in [-0.2, 0) is 11.3 Å². The first-order chi connectivity index (χ1) is 15.6. The van der Waals surface area contributed by atoms with Crippen LogP contribution >= 0.6 is 0 Å². The van der Waals surface area contributed by atoms with E-state index >= 15 is 0 Å². The molecule has 1 fully saturated rings. The molecule has 0 saturated heterocycles. The highest BCUT2D eigenvalue weighted by Crippen LogP contribution is 2.27. The van der Waals surface area contributed by atoms with Crippen LogP contribution in [0.15, 0.2) is 42.9 Å². The van der Waals surface area contributed by atoms with Gasteiger partial charge in [-0.3, -0.25) is 9.48 Å². The van der Waals surface area contributed by atoms with Crippen molar-refractivity contribution in [3.05, 3.63) is 42.9 Å². The molecule has 3 aromatic heterocycles. The summed E-state index contributed by atoms with van der Waals surface area (Å²) in [5, 5.41) is 25.0.